The van der Waals surface area contributed by atoms with Crippen LogP contribution >= 0.6 is 0 Å². The van der Waals surface area contributed by atoms with Gasteiger partial charge in [-0.1, -0.05) is 209 Å². The summed E-state index contributed by atoms with van der Waals surface area (Å²) in [4.78, 5) is 25.3. The van der Waals surface area contributed by atoms with Crippen LogP contribution in [0.15, 0.2) is 85.1 Å². The number of hydrogen-bond donors (Lipinski definition) is 0. The Morgan fingerprint density at radius 1 is 0.383 bits per heavy atom. The summed E-state index contributed by atoms with van der Waals surface area (Å²) >= 11 is 0. The highest BCUT2D eigenvalue weighted by atomic mass is 16.6. The van der Waals surface area contributed by atoms with E-state index in [1.807, 2.05) is 0 Å². The average molecular weight is 835 g/mol. The van der Waals surface area contributed by atoms with Gasteiger partial charge in [-0.2, -0.15) is 0 Å². The summed E-state index contributed by atoms with van der Waals surface area (Å²) in [5.74, 6) is -0.478. The number of carbonyl (C=O) groups is 2. The van der Waals surface area contributed by atoms with Crippen LogP contribution in [0.1, 0.15) is 226 Å². The Labute approximate surface area is 371 Å². The molecule has 0 aromatic rings. The second-order valence-electron chi connectivity index (χ2n) is 16.3. The van der Waals surface area contributed by atoms with Crippen molar-refractivity contribution in [3.63, 3.8) is 0 Å². The second kappa shape index (κ2) is 50.4. The van der Waals surface area contributed by atoms with Crippen LogP contribution in [0, 0.1) is 0 Å². The van der Waals surface area contributed by atoms with Gasteiger partial charge in [0, 0.05) is 19.4 Å². The standard InChI is InChI=1S/C55H94O5/c1-4-7-10-13-16-19-22-25-27-29-32-35-38-41-44-47-50-58-51-53(60-55(57)49-46-43-40-37-34-30-24-21-18-15-12-9-6-3)52-59-54(56)48-45-42-39-36-33-31-28-26-23-20-17-14-11-8-5-2/h8-9,11-12,17-18,20-21,26,28,30,33-34,36,53H,4-7,10,13-16,19,22-25,27,29,31-32,35,37-52H2,1-3H3/b11-8-,12-9-,20-17-,21-18-,28-26-,34-30-,36-33-. The van der Waals surface area contributed by atoms with Gasteiger partial charge in [0.1, 0.15) is 6.61 Å². The number of allylic oxidation sites excluding steroid dienone is 14. The predicted octanol–water partition coefficient (Wildman–Crippen LogP) is 16.9. The van der Waals surface area contributed by atoms with Gasteiger partial charge < -0.3 is 14.2 Å². The summed E-state index contributed by atoms with van der Waals surface area (Å²) in [6.07, 6.45) is 66.0. The van der Waals surface area contributed by atoms with Crippen LogP contribution in [0.4, 0.5) is 0 Å². The summed E-state index contributed by atoms with van der Waals surface area (Å²) in [5.41, 5.74) is 0. The Kier molecular flexibility index (Phi) is 48.0. The van der Waals surface area contributed by atoms with E-state index >= 15 is 0 Å². The lowest BCUT2D eigenvalue weighted by molar-refractivity contribution is -0.163. The smallest absolute Gasteiger partial charge is 0.306 e. The van der Waals surface area contributed by atoms with Crippen molar-refractivity contribution in [1.29, 1.82) is 0 Å². The lowest BCUT2D eigenvalue weighted by atomic mass is 10.0. The van der Waals surface area contributed by atoms with E-state index in [2.05, 4.69) is 106 Å². The van der Waals surface area contributed by atoms with Crippen LogP contribution in [0.25, 0.3) is 0 Å². The zero-order valence-corrected chi connectivity index (χ0v) is 39.5. The molecule has 0 heterocycles. The van der Waals surface area contributed by atoms with E-state index in [0.29, 0.717) is 19.4 Å². The van der Waals surface area contributed by atoms with Crippen molar-refractivity contribution in [3.8, 4) is 0 Å². The van der Waals surface area contributed by atoms with Crippen molar-refractivity contribution in [2.45, 2.75) is 232 Å². The van der Waals surface area contributed by atoms with Crippen molar-refractivity contribution >= 4 is 11.9 Å². The summed E-state index contributed by atoms with van der Waals surface area (Å²) in [5, 5.41) is 0. The van der Waals surface area contributed by atoms with E-state index in [4.69, 9.17) is 14.2 Å². The minimum atomic E-state index is -0.569. The van der Waals surface area contributed by atoms with Crippen molar-refractivity contribution in [2.24, 2.45) is 0 Å². The molecule has 0 saturated heterocycles. The van der Waals surface area contributed by atoms with Gasteiger partial charge in [0.05, 0.1) is 6.61 Å². The molecule has 1 atom stereocenters. The normalized spacial score (nSPS) is 12.9. The van der Waals surface area contributed by atoms with Gasteiger partial charge >= 0.3 is 11.9 Å². The van der Waals surface area contributed by atoms with Gasteiger partial charge in [-0.25, -0.2) is 0 Å². The Morgan fingerprint density at radius 2 is 0.750 bits per heavy atom. The Hall–Kier alpha value is -2.92. The second-order valence-corrected chi connectivity index (χ2v) is 16.3. The highest BCUT2D eigenvalue weighted by molar-refractivity contribution is 5.70. The number of ether oxygens (including phenoxy) is 3. The monoisotopic (exact) mass is 835 g/mol. The maximum Gasteiger partial charge on any atom is 0.306 e. The Balaban J connectivity index is 4.36. The molecule has 5 nitrogen and oxygen atoms in total. The summed E-state index contributed by atoms with van der Waals surface area (Å²) in [6.45, 7) is 7.53. The Bertz CT molecular complexity index is 1130. The molecule has 0 fully saturated rings. The number of hydrogen-bond acceptors (Lipinski definition) is 5. The van der Waals surface area contributed by atoms with Gasteiger partial charge in [0.2, 0.25) is 0 Å². The maximum atomic E-state index is 12.8. The zero-order valence-electron chi connectivity index (χ0n) is 39.5. The predicted molar refractivity (Wildman–Crippen MR) is 260 cm³/mol. The molecule has 344 valence electrons. The highest BCUT2D eigenvalue weighted by Gasteiger charge is 2.17. The molecule has 0 N–H and O–H groups in total. The van der Waals surface area contributed by atoms with Crippen LogP contribution in [-0.2, 0) is 23.8 Å². The molecule has 0 saturated carbocycles. The van der Waals surface area contributed by atoms with Gasteiger partial charge in [-0.05, 0) is 89.9 Å². The van der Waals surface area contributed by atoms with Crippen LogP contribution in [0.2, 0.25) is 0 Å². The SMILES string of the molecule is CC/C=C\C/C=C\C/C=C\C/C=C\CCCCC(=O)OCC(COCCCCCCCCCCCCCCCCCC)OC(=O)CCCCC/C=C\C/C=C\C/C=C\CC. The van der Waals surface area contributed by atoms with Gasteiger partial charge in [0.25, 0.3) is 0 Å². The molecule has 0 spiro atoms. The highest BCUT2D eigenvalue weighted by Crippen LogP contribution is 2.14. The fraction of sp³-hybridized carbons (Fsp3) is 0.709. The van der Waals surface area contributed by atoms with Crippen LogP contribution in [0.5, 0.6) is 0 Å². The lowest BCUT2D eigenvalue weighted by Crippen LogP contribution is -2.30. The van der Waals surface area contributed by atoms with Crippen molar-refractivity contribution < 1.29 is 23.8 Å². The molecule has 0 aromatic carbocycles. The first-order chi connectivity index (χ1) is 29.6. The largest absolute Gasteiger partial charge is 0.462 e. The van der Waals surface area contributed by atoms with Crippen molar-refractivity contribution in [1.82, 2.24) is 0 Å². The van der Waals surface area contributed by atoms with E-state index in [1.165, 1.54) is 89.9 Å². The molecule has 60 heavy (non-hydrogen) atoms. The maximum absolute atomic E-state index is 12.8. The number of carbonyl (C=O) groups excluding carboxylic acids is 2. The van der Waals surface area contributed by atoms with E-state index in [0.717, 1.165) is 103 Å². The van der Waals surface area contributed by atoms with E-state index < -0.39 is 6.10 Å². The summed E-state index contributed by atoms with van der Waals surface area (Å²) in [7, 11) is 0. The third kappa shape index (κ3) is 47.8. The fourth-order valence-electron chi connectivity index (χ4n) is 6.75. The molecule has 0 rings (SSSR count). The number of rotatable bonds is 45. The van der Waals surface area contributed by atoms with Crippen molar-refractivity contribution in [2.75, 3.05) is 19.8 Å². The summed E-state index contributed by atoms with van der Waals surface area (Å²) in [6, 6.07) is 0. The first-order valence-electron chi connectivity index (χ1n) is 25.1. The van der Waals surface area contributed by atoms with E-state index in [1.54, 1.807) is 0 Å². The van der Waals surface area contributed by atoms with Gasteiger partial charge in [-0.15, -0.1) is 0 Å². The molecule has 0 radical (unpaired) electrons. The summed E-state index contributed by atoms with van der Waals surface area (Å²) < 4.78 is 17.3. The third-order valence-electron chi connectivity index (χ3n) is 10.4. The molecule has 5 heteroatoms. The van der Waals surface area contributed by atoms with Crippen LogP contribution in [-0.4, -0.2) is 37.9 Å². The molecular weight excluding hydrogens is 741 g/mol. The minimum absolute atomic E-state index is 0.0501. The molecule has 0 aliphatic rings. The number of unbranched alkanes of at least 4 members (excludes halogenated alkanes) is 20. The fourth-order valence-corrected chi connectivity index (χ4v) is 6.75. The molecule has 0 aliphatic carbocycles. The first kappa shape index (κ1) is 57.1. The molecular formula is C55H94O5. The topological polar surface area (TPSA) is 61.8 Å². The van der Waals surface area contributed by atoms with Crippen LogP contribution in [0.3, 0.4) is 0 Å². The van der Waals surface area contributed by atoms with Gasteiger partial charge in [0.15, 0.2) is 6.10 Å². The quantitative estimate of drug-likeness (QED) is 0.0347. The van der Waals surface area contributed by atoms with Crippen LogP contribution < -0.4 is 0 Å². The first-order valence-corrected chi connectivity index (χ1v) is 25.1. The zero-order chi connectivity index (χ0) is 43.5. The third-order valence-corrected chi connectivity index (χ3v) is 10.4. The van der Waals surface area contributed by atoms with E-state index in [-0.39, 0.29) is 25.2 Å². The molecule has 0 amide bonds. The van der Waals surface area contributed by atoms with E-state index in [9.17, 15) is 9.59 Å². The van der Waals surface area contributed by atoms with Crippen molar-refractivity contribution in [3.05, 3.63) is 85.1 Å². The van der Waals surface area contributed by atoms with Gasteiger partial charge in [-0.3, -0.25) is 9.59 Å². The molecule has 1 unspecified atom stereocenters. The molecule has 0 aromatic heterocycles. The number of esters is 2. The minimum Gasteiger partial charge on any atom is -0.462 e. The molecule has 0 bridgehead atoms. The Morgan fingerprint density at radius 3 is 1.22 bits per heavy atom. The lowest BCUT2D eigenvalue weighted by Gasteiger charge is -2.18. The average Bonchev–Trinajstić information content (AvgIpc) is 3.25. The molecule has 0 aliphatic heterocycles.